The van der Waals surface area contributed by atoms with Crippen molar-refractivity contribution in [3.8, 4) is 45.3 Å². The molecule has 0 saturated heterocycles. The molecule has 0 saturated carbocycles. The number of hydrogen-bond acceptors (Lipinski definition) is 4. The highest BCUT2D eigenvalue weighted by atomic mass is 16.3. The van der Waals surface area contributed by atoms with E-state index in [2.05, 4.69) is 43.3 Å². The standard InChI is InChI=1S/C34H23N3O/c1-22-19-20-29-28(21-22)31-26(17-10-18-30(31)38-29)25-15-8-9-16-27(25)34-36-32(23-11-4-2-5-12-23)35-33(37-34)24-13-6-3-7-14-24/h2-21H,1H3. The van der Waals surface area contributed by atoms with Gasteiger partial charge in [-0.1, -0.05) is 109 Å². The molecule has 0 spiro atoms. The van der Waals surface area contributed by atoms with Crippen molar-refractivity contribution >= 4 is 21.9 Å². The van der Waals surface area contributed by atoms with Crippen LogP contribution in [0.4, 0.5) is 0 Å². The molecule has 0 bridgehead atoms. The molecular formula is C34H23N3O. The van der Waals surface area contributed by atoms with Crippen LogP contribution in [0, 0.1) is 6.92 Å². The molecule has 180 valence electrons. The van der Waals surface area contributed by atoms with Crippen molar-refractivity contribution in [2.45, 2.75) is 6.92 Å². The molecule has 0 N–H and O–H groups in total. The largest absolute Gasteiger partial charge is 0.456 e. The zero-order valence-electron chi connectivity index (χ0n) is 20.8. The summed E-state index contributed by atoms with van der Waals surface area (Å²) >= 11 is 0. The average Bonchev–Trinajstić information content (AvgIpc) is 3.36. The van der Waals surface area contributed by atoms with Gasteiger partial charge in [0.15, 0.2) is 17.5 Å². The third-order valence-electron chi connectivity index (χ3n) is 6.81. The van der Waals surface area contributed by atoms with Crippen molar-refractivity contribution in [2.75, 3.05) is 0 Å². The van der Waals surface area contributed by atoms with Gasteiger partial charge in [-0.15, -0.1) is 0 Å². The van der Waals surface area contributed by atoms with Crippen LogP contribution in [-0.2, 0) is 0 Å². The van der Waals surface area contributed by atoms with Gasteiger partial charge in [0.2, 0.25) is 0 Å². The molecule has 0 radical (unpaired) electrons. The lowest BCUT2D eigenvalue weighted by molar-refractivity contribution is 0.669. The molecule has 7 rings (SSSR count). The summed E-state index contributed by atoms with van der Waals surface area (Å²) < 4.78 is 6.23. The molecule has 0 atom stereocenters. The van der Waals surface area contributed by atoms with Crippen LogP contribution in [0.2, 0.25) is 0 Å². The first-order valence-corrected chi connectivity index (χ1v) is 12.6. The highest BCUT2D eigenvalue weighted by Gasteiger charge is 2.18. The van der Waals surface area contributed by atoms with Crippen LogP contribution in [-0.4, -0.2) is 15.0 Å². The lowest BCUT2D eigenvalue weighted by Gasteiger charge is -2.12. The summed E-state index contributed by atoms with van der Waals surface area (Å²) in [5.74, 6) is 1.92. The summed E-state index contributed by atoms with van der Waals surface area (Å²) in [5.41, 5.74) is 7.92. The van der Waals surface area contributed by atoms with Gasteiger partial charge in [0, 0.05) is 27.5 Å². The van der Waals surface area contributed by atoms with Gasteiger partial charge in [0.1, 0.15) is 11.2 Å². The zero-order valence-corrected chi connectivity index (χ0v) is 20.8. The maximum Gasteiger partial charge on any atom is 0.164 e. The lowest BCUT2D eigenvalue weighted by atomic mass is 9.94. The molecule has 38 heavy (non-hydrogen) atoms. The molecule has 0 fully saturated rings. The van der Waals surface area contributed by atoms with Gasteiger partial charge in [0.25, 0.3) is 0 Å². The second-order valence-electron chi connectivity index (χ2n) is 9.36. The molecule has 0 amide bonds. The number of aryl methyl sites for hydroxylation is 1. The normalized spacial score (nSPS) is 11.3. The summed E-state index contributed by atoms with van der Waals surface area (Å²) in [4.78, 5) is 14.8. The van der Waals surface area contributed by atoms with Gasteiger partial charge in [-0.25, -0.2) is 15.0 Å². The Morgan fingerprint density at radius 2 is 1.05 bits per heavy atom. The van der Waals surface area contributed by atoms with E-state index in [0.717, 1.165) is 49.8 Å². The molecule has 5 aromatic carbocycles. The molecule has 0 aliphatic carbocycles. The molecule has 4 nitrogen and oxygen atoms in total. The lowest BCUT2D eigenvalue weighted by Crippen LogP contribution is -2.01. The van der Waals surface area contributed by atoms with Crippen LogP contribution in [0.5, 0.6) is 0 Å². The van der Waals surface area contributed by atoms with Gasteiger partial charge in [-0.2, -0.15) is 0 Å². The summed E-state index contributed by atoms with van der Waals surface area (Å²) in [6.07, 6.45) is 0. The minimum atomic E-state index is 0.634. The van der Waals surface area contributed by atoms with Crippen LogP contribution in [0.1, 0.15) is 5.56 Å². The number of nitrogens with zero attached hydrogens (tertiary/aromatic N) is 3. The molecule has 7 aromatic rings. The quantitative estimate of drug-likeness (QED) is 0.248. The second kappa shape index (κ2) is 9.09. The van der Waals surface area contributed by atoms with Crippen molar-refractivity contribution in [3.05, 3.63) is 127 Å². The SMILES string of the molecule is Cc1ccc2oc3cccc(-c4ccccc4-c4nc(-c5ccccc5)nc(-c5ccccc5)n4)c3c2c1. The van der Waals surface area contributed by atoms with E-state index >= 15 is 0 Å². The summed E-state index contributed by atoms with van der Waals surface area (Å²) in [5, 5.41) is 2.20. The van der Waals surface area contributed by atoms with E-state index in [4.69, 9.17) is 19.4 Å². The first-order chi connectivity index (χ1) is 18.7. The van der Waals surface area contributed by atoms with Crippen molar-refractivity contribution < 1.29 is 4.42 Å². The fraction of sp³-hybridized carbons (Fsp3) is 0.0294. The molecular weight excluding hydrogens is 466 g/mol. The average molecular weight is 490 g/mol. The monoisotopic (exact) mass is 489 g/mol. The van der Waals surface area contributed by atoms with Crippen LogP contribution >= 0.6 is 0 Å². The van der Waals surface area contributed by atoms with E-state index in [-0.39, 0.29) is 0 Å². The van der Waals surface area contributed by atoms with Gasteiger partial charge in [-0.3, -0.25) is 0 Å². The third kappa shape index (κ3) is 3.84. The van der Waals surface area contributed by atoms with Crippen LogP contribution in [0.15, 0.2) is 126 Å². The van der Waals surface area contributed by atoms with Gasteiger partial charge >= 0.3 is 0 Å². The molecule has 2 heterocycles. The fourth-order valence-electron chi connectivity index (χ4n) is 5.01. The Bertz CT molecular complexity index is 1870. The number of aromatic nitrogens is 3. The van der Waals surface area contributed by atoms with E-state index < -0.39 is 0 Å². The maximum atomic E-state index is 6.23. The van der Waals surface area contributed by atoms with Crippen LogP contribution in [0.3, 0.4) is 0 Å². The number of benzene rings is 5. The molecule has 4 heteroatoms. The van der Waals surface area contributed by atoms with E-state index in [1.54, 1.807) is 0 Å². The number of rotatable bonds is 4. The van der Waals surface area contributed by atoms with E-state index in [0.29, 0.717) is 17.5 Å². The predicted octanol–water partition coefficient (Wildman–Crippen LogP) is 8.75. The first kappa shape index (κ1) is 22.1. The smallest absolute Gasteiger partial charge is 0.164 e. The van der Waals surface area contributed by atoms with E-state index in [1.807, 2.05) is 84.9 Å². The van der Waals surface area contributed by atoms with Gasteiger partial charge in [-0.05, 0) is 36.2 Å². The van der Waals surface area contributed by atoms with E-state index in [1.165, 1.54) is 5.56 Å². The minimum absolute atomic E-state index is 0.634. The Balaban J connectivity index is 1.49. The van der Waals surface area contributed by atoms with Crippen LogP contribution in [0.25, 0.3) is 67.2 Å². The Morgan fingerprint density at radius 1 is 0.474 bits per heavy atom. The van der Waals surface area contributed by atoms with Gasteiger partial charge < -0.3 is 4.42 Å². The molecule has 0 aliphatic heterocycles. The maximum absolute atomic E-state index is 6.23. The minimum Gasteiger partial charge on any atom is -0.456 e. The summed E-state index contributed by atoms with van der Waals surface area (Å²) in [7, 11) is 0. The van der Waals surface area contributed by atoms with Crippen molar-refractivity contribution in [1.82, 2.24) is 15.0 Å². The second-order valence-corrected chi connectivity index (χ2v) is 9.36. The number of furan rings is 1. The Morgan fingerprint density at radius 3 is 1.74 bits per heavy atom. The van der Waals surface area contributed by atoms with E-state index in [9.17, 15) is 0 Å². The zero-order chi connectivity index (χ0) is 25.5. The molecule has 0 unspecified atom stereocenters. The Labute approximate surface area is 220 Å². The number of fused-ring (bicyclic) bond motifs is 3. The van der Waals surface area contributed by atoms with Crippen molar-refractivity contribution in [3.63, 3.8) is 0 Å². The summed E-state index contributed by atoms with van der Waals surface area (Å²) in [6.45, 7) is 2.11. The first-order valence-electron chi connectivity index (χ1n) is 12.6. The summed E-state index contributed by atoms with van der Waals surface area (Å²) in [6, 6.07) is 41.0. The number of hydrogen-bond donors (Lipinski definition) is 0. The van der Waals surface area contributed by atoms with Crippen molar-refractivity contribution in [1.29, 1.82) is 0 Å². The Hall–Kier alpha value is -5.09. The Kier molecular flexibility index (Phi) is 5.30. The predicted molar refractivity (Wildman–Crippen MR) is 154 cm³/mol. The van der Waals surface area contributed by atoms with Gasteiger partial charge in [0.05, 0.1) is 0 Å². The van der Waals surface area contributed by atoms with Crippen LogP contribution < -0.4 is 0 Å². The fourth-order valence-corrected chi connectivity index (χ4v) is 5.01. The molecule has 0 aliphatic rings. The molecule has 2 aromatic heterocycles. The highest BCUT2D eigenvalue weighted by molar-refractivity contribution is 6.13. The highest BCUT2D eigenvalue weighted by Crippen LogP contribution is 2.40. The topological polar surface area (TPSA) is 51.8 Å². The third-order valence-corrected chi connectivity index (χ3v) is 6.81. The van der Waals surface area contributed by atoms with Crippen molar-refractivity contribution in [2.24, 2.45) is 0 Å².